The quantitative estimate of drug-likeness (QED) is 0.234. The van der Waals surface area contributed by atoms with Gasteiger partial charge in [0.1, 0.15) is 0 Å². The number of carbonyl (C=O) groups excluding carboxylic acids is 1. The predicted molar refractivity (Wildman–Crippen MR) is 148 cm³/mol. The Hall–Kier alpha value is -2.66. The van der Waals surface area contributed by atoms with Gasteiger partial charge in [-0.3, -0.25) is 4.79 Å². The summed E-state index contributed by atoms with van der Waals surface area (Å²) in [5.74, 6) is -1.39. The molecule has 0 saturated heterocycles. The lowest BCUT2D eigenvalue weighted by Gasteiger charge is -2.55. The lowest BCUT2D eigenvalue weighted by atomic mass is 9.49. The van der Waals surface area contributed by atoms with E-state index in [1.807, 2.05) is 0 Å². The van der Waals surface area contributed by atoms with Gasteiger partial charge >= 0.3 is 5.97 Å². The van der Waals surface area contributed by atoms with Gasteiger partial charge in [0.15, 0.2) is 21.3 Å². The molecule has 0 aliphatic heterocycles. The maximum atomic E-state index is 12.8. The van der Waals surface area contributed by atoms with Gasteiger partial charge in [0, 0.05) is 6.92 Å². The molecule has 0 amide bonds. The molecule has 4 bridgehead atoms. The van der Waals surface area contributed by atoms with Gasteiger partial charge in [0.25, 0.3) is 5.92 Å². The van der Waals surface area contributed by atoms with Gasteiger partial charge in [-0.05, 0) is 99.6 Å². The van der Waals surface area contributed by atoms with E-state index in [4.69, 9.17) is 4.74 Å². The van der Waals surface area contributed by atoms with E-state index >= 15 is 0 Å². The molecule has 0 atom stereocenters. The predicted octanol–water partition coefficient (Wildman–Crippen LogP) is 8.49. The lowest BCUT2D eigenvalue weighted by molar-refractivity contribution is -0.180. The molecule has 4 aliphatic carbocycles. The summed E-state index contributed by atoms with van der Waals surface area (Å²) in [6.45, 7) is 2.15. The van der Waals surface area contributed by atoms with Crippen LogP contribution in [0.1, 0.15) is 51.0 Å². The topological polar surface area (TPSA) is 26.3 Å². The molecule has 5 heteroatoms. The summed E-state index contributed by atoms with van der Waals surface area (Å²) in [6.07, 6.45) is 6.30. The summed E-state index contributed by atoms with van der Waals surface area (Å²) in [5, 5.41) is 0. The molecular formula is C33H37F2O2S+. The molecule has 0 unspecified atom stereocenters. The van der Waals surface area contributed by atoms with Crippen molar-refractivity contribution < 1.29 is 18.3 Å². The van der Waals surface area contributed by atoms with E-state index in [9.17, 15) is 13.6 Å². The number of benzene rings is 3. The second-order valence-corrected chi connectivity index (χ2v) is 13.6. The molecule has 4 aliphatic rings. The summed E-state index contributed by atoms with van der Waals surface area (Å²) < 4.78 is 30.5. The third kappa shape index (κ3) is 6.31. The van der Waals surface area contributed by atoms with Crippen molar-refractivity contribution in [2.45, 2.75) is 73.0 Å². The maximum Gasteiger partial charge on any atom is 0.312 e. The summed E-state index contributed by atoms with van der Waals surface area (Å²) in [4.78, 5) is 16.3. The molecule has 0 aromatic heterocycles. The van der Waals surface area contributed by atoms with Crippen LogP contribution < -0.4 is 0 Å². The Morgan fingerprint density at radius 3 is 1.63 bits per heavy atom. The Balaban J connectivity index is 0.000000156. The van der Waals surface area contributed by atoms with Gasteiger partial charge in [-0.1, -0.05) is 54.1 Å². The first kappa shape index (κ1) is 26.9. The van der Waals surface area contributed by atoms with Gasteiger partial charge in [-0.15, -0.1) is 0 Å². The Bertz CT molecular complexity index is 1130. The Morgan fingerprint density at radius 2 is 1.21 bits per heavy atom. The first-order chi connectivity index (χ1) is 18.2. The van der Waals surface area contributed by atoms with Crippen LogP contribution in [0.2, 0.25) is 0 Å². The normalized spacial score (nSPS) is 25.6. The highest BCUT2D eigenvalue weighted by atomic mass is 32.2. The van der Waals surface area contributed by atoms with Crippen molar-refractivity contribution in [3.8, 4) is 0 Å². The van der Waals surface area contributed by atoms with Gasteiger partial charge in [0.2, 0.25) is 0 Å². The van der Waals surface area contributed by atoms with E-state index in [1.54, 1.807) is 0 Å². The van der Waals surface area contributed by atoms with Crippen LogP contribution in [-0.4, -0.2) is 18.5 Å². The van der Waals surface area contributed by atoms with Crippen LogP contribution in [0.4, 0.5) is 8.78 Å². The molecule has 4 fully saturated rings. The van der Waals surface area contributed by atoms with E-state index in [0.29, 0.717) is 17.8 Å². The van der Waals surface area contributed by atoms with Crippen LogP contribution >= 0.6 is 0 Å². The first-order valence-electron chi connectivity index (χ1n) is 13.7. The van der Waals surface area contributed by atoms with Crippen molar-refractivity contribution in [2.75, 3.05) is 6.61 Å². The average molecular weight is 536 g/mol. The molecule has 0 radical (unpaired) electrons. The molecule has 4 saturated carbocycles. The zero-order valence-electron chi connectivity index (χ0n) is 22.2. The second-order valence-electron chi connectivity index (χ2n) is 11.6. The van der Waals surface area contributed by atoms with E-state index in [2.05, 4.69) is 91.9 Å². The molecule has 38 heavy (non-hydrogen) atoms. The number of hydrogen-bond acceptors (Lipinski definition) is 2. The number of aryl methyl sites for hydroxylation is 1. The van der Waals surface area contributed by atoms with E-state index < -0.39 is 17.9 Å². The Labute approximate surface area is 228 Å². The van der Waals surface area contributed by atoms with Crippen molar-refractivity contribution in [3.63, 3.8) is 0 Å². The Morgan fingerprint density at radius 1 is 0.789 bits per heavy atom. The fourth-order valence-corrected chi connectivity index (χ4v) is 8.99. The largest absolute Gasteiger partial charge is 0.459 e. The lowest BCUT2D eigenvalue weighted by Crippen LogP contribution is -2.51. The van der Waals surface area contributed by atoms with Gasteiger partial charge in [-0.2, -0.15) is 0 Å². The van der Waals surface area contributed by atoms with Crippen molar-refractivity contribution in [3.05, 3.63) is 90.5 Å². The summed E-state index contributed by atoms with van der Waals surface area (Å²) in [7, 11) is -0.0229. The van der Waals surface area contributed by atoms with Crippen LogP contribution in [0, 0.1) is 30.1 Å². The van der Waals surface area contributed by atoms with E-state index in [0.717, 1.165) is 26.2 Å². The standard InChI is InChI=1S/C19H17S.C14H20F2O2/c1-16-12-14-19(15-13-16)20(17-8-4-2-5-9-17)18-10-6-3-7-11-18;1-13(15,16)8-18-12(17)14-5-9-2-10(6-14)4-11(3-9)7-14/h2-15H,1H3;9-11H,2-8H2,1H3/q+1;. The maximum absolute atomic E-state index is 12.8. The summed E-state index contributed by atoms with van der Waals surface area (Å²) in [6, 6.07) is 30.4. The molecule has 2 nitrogen and oxygen atoms in total. The molecule has 0 N–H and O–H groups in total. The molecule has 3 aromatic rings. The van der Waals surface area contributed by atoms with Crippen LogP contribution in [0.25, 0.3) is 0 Å². The van der Waals surface area contributed by atoms with Crippen molar-refractivity contribution >= 4 is 16.9 Å². The number of alkyl halides is 2. The average Bonchev–Trinajstić information content (AvgIpc) is 2.89. The third-order valence-corrected chi connectivity index (χ3v) is 10.4. The van der Waals surface area contributed by atoms with Crippen molar-refractivity contribution in [2.24, 2.45) is 23.2 Å². The second kappa shape index (κ2) is 11.2. The minimum atomic E-state index is -2.92. The Kier molecular flexibility index (Phi) is 7.95. The SMILES string of the molecule is CC(F)(F)COC(=O)C12CC3CC(CC(C3)C1)C2.Cc1ccc([S+](c2ccccc2)c2ccccc2)cc1. The van der Waals surface area contributed by atoms with E-state index in [-0.39, 0.29) is 16.9 Å². The van der Waals surface area contributed by atoms with Gasteiger partial charge < -0.3 is 4.74 Å². The zero-order valence-corrected chi connectivity index (χ0v) is 23.1. The smallest absolute Gasteiger partial charge is 0.312 e. The fraction of sp³-hybridized carbons (Fsp3) is 0.424. The minimum absolute atomic E-state index is 0.0229. The number of ether oxygens (including phenoxy) is 1. The number of hydrogen-bond donors (Lipinski definition) is 0. The molecule has 200 valence electrons. The highest BCUT2D eigenvalue weighted by Crippen LogP contribution is 2.60. The molecule has 0 heterocycles. The van der Waals surface area contributed by atoms with Crippen LogP contribution in [0.15, 0.2) is 99.6 Å². The van der Waals surface area contributed by atoms with Crippen molar-refractivity contribution in [1.29, 1.82) is 0 Å². The first-order valence-corrected chi connectivity index (χ1v) is 14.9. The van der Waals surface area contributed by atoms with Gasteiger partial charge in [-0.25, -0.2) is 8.78 Å². The highest BCUT2D eigenvalue weighted by Gasteiger charge is 2.55. The fourth-order valence-electron chi connectivity index (χ4n) is 6.90. The molecule has 0 spiro atoms. The molecule has 3 aromatic carbocycles. The van der Waals surface area contributed by atoms with Crippen LogP contribution in [0.3, 0.4) is 0 Å². The highest BCUT2D eigenvalue weighted by molar-refractivity contribution is 7.97. The summed E-state index contributed by atoms with van der Waals surface area (Å²) >= 11 is 0. The van der Waals surface area contributed by atoms with Crippen LogP contribution in [-0.2, 0) is 20.4 Å². The van der Waals surface area contributed by atoms with Crippen molar-refractivity contribution in [1.82, 2.24) is 0 Å². The molecule has 7 rings (SSSR count). The number of halogens is 2. The minimum Gasteiger partial charge on any atom is -0.459 e. The number of rotatable bonds is 6. The van der Waals surface area contributed by atoms with Crippen LogP contribution in [0.5, 0.6) is 0 Å². The molecular weight excluding hydrogens is 498 g/mol. The van der Waals surface area contributed by atoms with Gasteiger partial charge in [0.05, 0.1) is 16.3 Å². The number of esters is 1. The summed E-state index contributed by atoms with van der Waals surface area (Å²) in [5.41, 5.74) is 0.887. The third-order valence-electron chi connectivity index (χ3n) is 8.14. The zero-order chi connectivity index (χ0) is 26.8. The van der Waals surface area contributed by atoms with E-state index in [1.165, 1.54) is 39.5 Å². The monoisotopic (exact) mass is 535 g/mol. The number of carbonyl (C=O) groups is 1.